The molecule has 0 saturated heterocycles. The second-order valence-corrected chi connectivity index (χ2v) is 6.89. The zero-order valence-electron chi connectivity index (χ0n) is 13.5. The van der Waals surface area contributed by atoms with E-state index in [2.05, 4.69) is 41.5 Å². The lowest BCUT2D eigenvalue weighted by molar-refractivity contribution is 0.136. The fourth-order valence-corrected chi connectivity index (χ4v) is 2.01. The molecule has 2 heteroatoms. The summed E-state index contributed by atoms with van der Waals surface area (Å²) in [5, 5.41) is 17.3. The van der Waals surface area contributed by atoms with Crippen LogP contribution < -0.4 is 0 Å². The minimum atomic E-state index is 0.119. The molecule has 0 aromatic rings. The molecule has 0 aliphatic rings. The fourth-order valence-electron chi connectivity index (χ4n) is 2.01. The van der Waals surface area contributed by atoms with Gasteiger partial charge in [-0.2, -0.15) is 0 Å². The number of hydrogen-bond donors (Lipinski definition) is 2. The summed E-state index contributed by atoms with van der Waals surface area (Å²) in [6.45, 7) is 13.7. The Labute approximate surface area is 115 Å². The van der Waals surface area contributed by atoms with Crippen LogP contribution >= 0.6 is 0 Å². The van der Waals surface area contributed by atoms with Gasteiger partial charge in [-0.1, -0.05) is 60.8 Å². The molecule has 0 aromatic carbocycles. The van der Waals surface area contributed by atoms with E-state index in [1.54, 1.807) is 0 Å². The van der Waals surface area contributed by atoms with Crippen molar-refractivity contribution >= 4 is 0 Å². The normalized spacial score (nSPS) is 11.7. The summed E-state index contributed by atoms with van der Waals surface area (Å²) in [6, 6.07) is 0. The number of hydrogen-bond acceptors (Lipinski definition) is 2. The van der Waals surface area contributed by atoms with Crippen molar-refractivity contribution in [2.24, 2.45) is 17.3 Å². The Morgan fingerprint density at radius 2 is 1.39 bits per heavy atom. The van der Waals surface area contributed by atoms with Crippen molar-refractivity contribution in [2.45, 2.75) is 73.6 Å². The maximum atomic E-state index is 8.84. The molecule has 2 nitrogen and oxygen atoms in total. The van der Waals surface area contributed by atoms with Crippen molar-refractivity contribution < 1.29 is 10.2 Å². The van der Waals surface area contributed by atoms with Gasteiger partial charge in [0, 0.05) is 13.2 Å². The highest BCUT2D eigenvalue weighted by molar-refractivity contribution is 4.67. The van der Waals surface area contributed by atoms with E-state index in [4.69, 9.17) is 10.2 Å². The molecule has 0 bridgehead atoms. The Kier molecular flexibility index (Phi) is 13.5. The van der Waals surface area contributed by atoms with E-state index < -0.39 is 0 Å². The first kappa shape index (κ1) is 20.2. The Balaban J connectivity index is 0. The summed E-state index contributed by atoms with van der Waals surface area (Å²) < 4.78 is 0. The van der Waals surface area contributed by atoms with Gasteiger partial charge >= 0.3 is 0 Å². The molecule has 112 valence electrons. The summed E-state index contributed by atoms with van der Waals surface area (Å²) in [4.78, 5) is 0. The smallest absolute Gasteiger partial charge is 0.0482 e. The summed E-state index contributed by atoms with van der Waals surface area (Å²) in [5.74, 6) is 1.51. The molecule has 0 rings (SSSR count). The molecule has 0 aliphatic heterocycles. The SMILES string of the molecule is CC(C)CC(C)(C)CO.CC(C)CCCCCO. The predicted octanol–water partition coefficient (Wildman–Crippen LogP) is 4.25. The van der Waals surface area contributed by atoms with Crippen LogP contribution in [0.25, 0.3) is 0 Å². The second kappa shape index (κ2) is 12.0. The molecule has 2 N–H and O–H groups in total. The van der Waals surface area contributed by atoms with Gasteiger partial charge < -0.3 is 10.2 Å². The Morgan fingerprint density at radius 1 is 0.833 bits per heavy atom. The molecule has 0 spiro atoms. The topological polar surface area (TPSA) is 40.5 Å². The van der Waals surface area contributed by atoms with Crippen LogP contribution in [0.4, 0.5) is 0 Å². The van der Waals surface area contributed by atoms with Crippen molar-refractivity contribution in [3.8, 4) is 0 Å². The van der Waals surface area contributed by atoms with Crippen molar-refractivity contribution in [3.63, 3.8) is 0 Å². The number of unbranched alkanes of at least 4 members (excludes halogenated alkanes) is 2. The summed E-state index contributed by atoms with van der Waals surface area (Å²) >= 11 is 0. The molecular formula is C16H36O2. The molecule has 0 fully saturated rings. The first-order valence-corrected chi connectivity index (χ1v) is 7.47. The molecule has 0 saturated carbocycles. The third-order valence-corrected chi connectivity index (χ3v) is 2.83. The van der Waals surface area contributed by atoms with Crippen molar-refractivity contribution in [3.05, 3.63) is 0 Å². The van der Waals surface area contributed by atoms with Gasteiger partial charge in [-0.3, -0.25) is 0 Å². The molecule has 0 unspecified atom stereocenters. The van der Waals surface area contributed by atoms with Crippen LogP contribution in [-0.4, -0.2) is 23.4 Å². The average Bonchev–Trinajstić information content (AvgIpc) is 2.23. The first-order chi connectivity index (χ1) is 8.25. The van der Waals surface area contributed by atoms with Crippen LogP contribution in [0.3, 0.4) is 0 Å². The Hall–Kier alpha value is -0.0800. The zero-order valence-corrected chi connectivity index (χ0v) is 13.5. The lowest BCUT2D eigenvalue weighted by Crippen LogP contribution is -2.18. The quantitative estimate of drug-likeness (QED) is 0.641. The molecule has 0 amide bonds. The summed E-state index contributed by atoms with van der Waals surface area (Å²) in [6.07, 6.45) is 5.85. The standard InChI is InChI=1S/2C8H18O/c1-7(2)5-8(3,4)6-9;1-8(2)6-4-3-5-7-9/h7,9H,5-6H2,1-4H3;8-9H,3-7H2,1-2H3. The van der Waals surface area contributed by atoms with Gasteiger partial charge in [-0.05, 0) is 30.1 Å². The maximum Gasteiger partial charge on any atom is 0.0482 e. The number of aliphatic hydroxyl groups excluding tert-OH is 2. The lowest BCUT2D eigenvalue weighted by Gasteiger charge is -2.23. The molecule has 18 heavy (non-hydrogen) atoms. The predicted molar refractivity (Wildman–Crippen MR) is 80.7 cm³/mol. The Bertz CT molecular complexity index is 162. The molecule has 0 atom stereocenters. The van der Waals surface area contributed by atoms with Gasteiger partial charge in [0.2, 0.25) is 0 Å². The van der Waals surface area contributed by atoms with Crippen LogP contribution in [0.2, 0.25) is 0 Å². The van der Waals surface area contributed by atoms with Gasteiger partial charge in [0.25, 0.3) is 0 Å². The minimum Gasteiger partial charge on any atom is -0.396 e. The Morgan fingerprint density at radius 3 is 1.67 bits per heavy atom. The van der Waals surface area contributed by atoms with E-state index >= 15 is 0 Å². The van der Waals surface area contributed by atoms with E-state index in [9.17, 15) is 0 Å². The van der Waals surface area contributed by atoms with Crippen molar-refractivity contribution in [2.75, 3.05) is 13.2 Å². The largest absolute Gasteiger partial charge is 0.396 e. The van der Waals surface area contributed by atoms with Crippen LogP contribution in [0, 0.1) is 17.3 Å². The zero-order chi connectivity index (χ0) is 14.6. The van der Waals surface area contributed by atoms with Gasteiger partial charge in [0.1, 0.15) is 0 Å². The first-order valence-electron chi connectivity index (χ1n) is 7.47. The number of rotatable bonds is 8. The maximum absolute atomic E-state index is 8.84. The highest BCUT2D eigenvalue weighted by Gasteiger charge is 2.17. The van der Waals surface area contributed by atoms with E-state index in [-0.39, 0.29) is 5.41 Å². The molecule has 0 radical (unpaired) electrons. The van der Waals surface area contributed by atoms with E-state index in [0.717, 1.165) is 18.8 Å². The molecule has 0 aromatic heterocycles. The highest BCUT2D eigenvalue weighted by atomic mass is 16.3. The average molecular weight is 260 g/mol. The lowest BCUT2D eigenvalue weighted by atomic mass is 9.85. The van der Waals surface area contributed by atoms with E-state index in [1.807, 2.05) is 0 Å². The van der Waals surface area contributed by atoms with Gasteiger partial charge in [-0.25, -0.2) is 0 Å². The second-order valence-electron chi connectivity index (χ2n) is 6.89. The van der Waals surface area contributed by atoms with Crippen molar-refractivity contribution in [1.82, 2.24) is 0 Å². The van der Waals surface area contributed by atoms with E-state index in [0.29, 0.717) is 19.1 Å². The minimum absolute atomic E-state index is 0.119. The third-order valence-electron chi connectivity index (χ3n) is 2.83. The van der Waals surface area contributed by atoms with E-state index in [1.165, 1.54) is 19.3 Å². The van der Waals surface area contributed by atoms with Gasteiger partial charge in [0.05, 0.1) is 0 Å². The van der Waals surface area contributed by atoms with Gasteiger partial charge in [-0.15, -0.1) is 0 Å². The molecule has 0 heterocycles. The third kappa shape index (κ3) is 18.3. The molecular weight excluding hydrogens is 224 g/mol. The fraction of sp³-hybridized carbons (Fsp3) is 1.00. The van der Waals surface area contributed by atoms with Crippen LogP contribution in [0.1, 0.15) is 73.6 Å². The number of aliphatic hydroxyl groups is 2. The summed E-state index contributed by atoms with van der Waals surface area (Å²) in [7, 11) is 0. The van der Waals surface area contributed by atoms with Crippen LogP contribution in [0.15, 0.2) is 0 Å². The van der Waals surface area contributed by atoms with Crippen LogP contribution in [0.5, 0.6) is 0 Å². The summed E-state index contributed by atoms with van der Waals surface area (Å²) in [5.41, 5.74) is 0.119. The molecule has 0 aliphatic carbocycles. The van der Waals surface area contributed by atoms with Gasteiger partial charge in [0.15, 0.2) is 0 Å². The monoisotopic (exact) mass is 260 g/mol. The van der Waals surface area contributed by atoms with Crippen molar-refractivity contribution in [1.29, 1.82) is 0 Å². The highest BCUT2D eigenvalue weighted by Crippen LogP contribution is 2.23. The van der Waals surface area contributed by atoms with Crippen LogP contribution in [-0.2, 0) is 0 Å².